The molecule has 21 heavy (non-hydrogen) atoms. The zero-order valence-corrected chi connectivity index (χ0v) is 14.3. The van der Waals surface area contributed by atoms with E-state index in [2.05, 4.69) is 21.4 Å². The quantitative estimate of drug-likeness (QED) is 0.605. The van der Waals surface area contributed by atoms with Crippen molar-refractivity contribution in [3.05, 3.63) is 63.1 Å². The van der Waals surface area contributed by atoms with E-state index in [1.807, 2.05) is 56.3 Å². The summed E-state index contributed by atoms with van der Waals surface area (Å²) < 4.78 is 6.68. The summed E-state index contributed by atoms with van der Waals surface area (Å²) in [5.41, 5.74) is 4.73. The maximum absolute atomic E-state index is 6.30. The molecular weight excluding hydrogens is 352 g/mol. The maximum Gasteiger partial charge on any atom is 0.120 e. The minimum absolute atomic E-state index is 0.124. The number of nitrogens with two attached hydrogens (primary N) is 1. The fraction of sp³-hybridized carbons (Fsp3) is 0.250. The molecule has 0 heterocycles. The maximum atomic E-state index is 6.30. The number of nitrogens with one attached hydrogen (secondary N) is 1. The van der Waals surface area contributed by atoms with Crippen molar-refractivity contribution < 1.29 is 4.74 Å². The molecule has 2 rings (SSSR count). The van der Waals surface area contributed by atoms with E-state index in [9.17, 15) is 0 Å². The number of ether oxygens (including phenoxy) is 1. The Morgan fingerprint density at radius 3 is 2.62 bits per heavy atom. The lowest BCUT2D eigenvalue weighted by atomic mass is 9.99. The van der Waals surface area contributed by atoms with Gasteiger partial charge < -0.3 is 4.74 Å². The number of hydrogen-bond acceptors (Lipinski definition) is 3. The van der Waals surface area contributed by atoms with Gasteiger partial charge in [-0.05, 0) is 55.3 Å². The van der Waals surface area contributed by atoms with Gasteiger partial charge >= 0.3 is 0 Å². The van der Waals surface area contributed by atoms with Crippen LogP contribution in [0, 0.1) is 0 Å². The van der Waals surface area contributed by atoms with Gasteiger partial charge in [0.05, 0.1) is 12.1 Å². The molecule has 3 N–H and O–H groups in total. The van der Waals surface area contributed by atoms with E-state index in [4.69, 9.17) is 22.2 Å². The summed E-state index contributed by atoms with van der Waals surface area (Å²) >= 11 is 9.76. The number of benzene rings is 2. The molecule has 2 aromatic carbocycles. The molecule has 0 aliphatic heterocycles. The van der Waals surface area contributed by atoms with E-state index < -0.39 is 0 Å². The molecule has 0 spiro atoms. The number of halogens is 2. The Morgan fingerprint density at radius 1 is 1.19 bits per heavy atom. The average Bonchev–Trinajstić information content (AvgIpc) is 2.43. The third-order valence-electron chi connectivity index (χ3n) is 3.00. The van der Waals surface area contributed by atoms with E-state index >= 15 is 0 Å². The Morgan fingerprint density at radius 2 is 1.95 bits per heavy atom. The van der Waals surface area contributed by atoms with Crippen LogP contribution in [0.4, 0.5) is 0 Å². The van der Waals surface area contributed by atoms with Gasteiger partial charge in [0, 0.05) is 9.50 Å². The van der Waals surface area contributed by atoms with Crippen molar-refractivity contribution in [1.82, 2.24) is 5.43 Å². The zero-order valence-electron chi connectivity index (χ0n) is 11.9. The van der Waals surface area contributed by atoms with Crippen molar-refractivity contribution in [2.24, 2.45) is 5.84 Å². The van der Waals surface area contributed by atoms with Gasteiger partial charge in [0.2, 0.25) is 0 Å². The van der Waals surface area contributed by atoms with E-state index in [1.165, 1.54) is 0 Å². The molecule has 5 heteroatoms. The highest BCUT2D eigenvalue weighted by Gasteiger charge is 2.16. The average molecular weight is 370 g/mol. The van der Waals surface area contributed by atoms with Crippen molar-refractivity contribution in [2.45, 2.75) is 26.0 Å². The van der Waals surface area contributed by atoms with Crippen molar-refractivity contribution in [2.75, 3.05) is 0 Å². The molecule has 1 unspecified atom stereocenters. The van der Waals surface area contributed by atoms with Crippen LogP contribution in [0.5, 0.6) is 5.75 Å². The van der Waals surface area contributed by atoms with Crippen LogP contribution in [-0.4, -0.2) is 6.10 Å². The summed E-state index contributed by atoms with van der Waals surface area (Å²) in [4.78, 5) is 0. The van der Waals surface area contributed by atoms with Crippen LogP contribution in [0.25, 0.3) is 0 Å². The Kier molecular flexibility index (Phi) is 5.65. The summed E-state index contributed by atoms with van der Waals surface area (Å²) in [5.74, 6) is 6.56. The van der Waals surface area contributed by atoms with Gasteiger partial charge in [0.15, 0.2) is 0 Å². The fourth-order valence-corrected chi connectivity index (χ4v) is 2.75. The van der Waals surface area contributed by atoms with Crippen molar-refractivity contribution in [3.63, 3.8) is 0 Å². The van der Waals surface area contributed by atoms with Crippen LogP contribution in [0.2, 0.25) is 5.02 Å². The lowest BCUT2D eigenvalue weighted by Crippen LogP contribution is -2.29. The number of hydrogen-bond donors (Lipinski definition) is 2. The SMILES string of the molecule is CC(C)Oc1cccc(C(NN)c2cc(Br)ccc2Cl)c1. The normalized spacial score (nSPS) is 12.5. The van der Waals surface area contributed by atoms with Gasteiger partial charge in [-0.25, -0.2) is 5.43 Å². The predicted molar refractivity (Wildman–Crippen MR) is 90.5 cm³/mol. The summed E-state index contributed by atoms with van der Waals surface area (Å²) in [7, 11) is 0. The Bertz CT molecular complexity index is 619. The minimum atomic E-state index is -0.203. The lowest BCUT2D eigenvalue weighted by Gasteiger charge is -2.20. The van der Waals surface area contributed by atoms with Gasteiger partial charge in [0.25, 0.3) is 0 Å². The molecule has 3 nitrogen and oxygen atoms in total. The monoisotopic (exact) mass is 368 g/mol. The third-order valence-corrected chi connectivity index (χ3v) is 3.84. The minimum Gasteiger partial charge on any atom is -0.491 e. The fourth-order valence-electron chi connectivity index (χ4n) is 2.14. The van der Waals surface area contributed by atoms with Crippen LogP contribution in [0.1, 0.15) is 31.0 Å². The molecule has 0 saturated carbocycles. The smallest absolute Gasteiger partial charge is 0.120 e. The zero-order chi connectivity index (χ0) is 15.4. The van der Waals surface area contributed by atoms with Gasteiger partial charge in [-0.2, -0.15) is 0 Å². The Labute approximate surface area is 138 Å². The van der Waals surface area contributed by atoms with Gasteiger partial charge in [-0.3, -0.25) is 5.84 Å². The first-order chi connectivity index (χ1) is 10.0. The summed E-state index contributed by atoms with van der Waals surface area (Å²) in [5, 5.41) is 0.663. The molecule has 0 fully saturated rings. The standard InChI is InChI=1S/C16H18BrClN2O/c1-10(2)21-13-5-3-4-11(8-13)16(20-19)14-9-12(17)6-7-15(14)18/h3-10,16,20H,19H2,1-2H3. The summed E-state index contributed by atoms with van der Waals surface area (Å²) in [6.45, 7) is 3.99. The van der Waals surface area contributed by atoms with E-state index in [1.54, 1.807) is 0 Å². The molecular formula is C16H18BrClN2O. The topological polar surface area (TPSA) is 47.3 Å². The molecule has 0 amide bonds. The molecule has 2 aromatic rings. The highest BCUT2D eigenvalue weighted by molar-refractivity contribution is 9.10. The summed E-state index contributed by atoms with van der Waals surface area (Å²) in [6.07, 6.45) is 0.124. The Hall–Kier alpha value is -1.07. The molecule has 0 aliphatic carbocycles. The van der Waals surface area contributed by atoms with E-state index in [-0.39, 0.29) is 12.1 Å². The van der Waals surface area contributed by atoms with E-state index in [0.29, 0.717) is 5.02 Å². The third kappa shape index (κ3) is 4.20. The molecule has 0 saturated heterocycles. The van der Waals surface area contributed by atoms with E-state index in [0.717, 1.165) is 21.3 Å². The van der Waals surface area contributed by atoms with Gasteiger partial charge in [-0.15, -0.1) is 0 Å². The highest BCUT2D eigenvalue weighted by atomic mass is 79.9. The molecule has 1 atom stereocenters. The molecule has 0 aromatic heterocycles. The highest BCUT2D eigenvalue weighted by Crippen LogP contribution is 2.31. The first-order valence-electron chi connectivity index (χ1n) is 6.69. The van der Waals surface area contributed by atoms with Crippen LogP contribution in [0.15, 0.2) is 46.9 Å². The Balaban J connectivity index is 2.39. The first kappa shape index (κ1) is 16.3. The number of rotatable bonds is 5. The van der Waals surface area contributed by atoms with Crippen molar-refractivity contribution in [3.8, 4) is 5.75 Å². The molecule has 0 radical (unpaired) electrons. The molecule has 0 aliphatic rings. The van der Waals surface area contributed by atoms with Crippen LogP contribution < -0.4 is 16.0 Å². The van der Waals surface area contributed by atoms with Crippen LogP contribution >= 0.6 is 27.5 Å². The largest absolute Gasteiger partial charge is 0.491 e. The van der Waals surface area contributed by atoms with Crippen molar-refractivity contribution >= 4 is 27.5 Å². The molecule has 0 bridgehead atoms. The van der Waals surface area contributed by atoms with Gasteiger partial charge in [0.1, 0.15) is 5.75 Å². The molecule has 112 valence electrons. The van der Waals surface area contributed by atoms with Crippen molar-refractivity contribution in [1.29, 1.82) is 0 Å². The second-order valence-corrected chi connectivity index (χ2v) is 6.33. The summed E-state index contributed by atoms with van der Waals surface area (Å²) in [6, 6.07) is 13.4. The number of hydrazine groups is 1. The predicted octanol–water partition coefficient (Wildman–Crippen LogP) is 4.44. The lowest BCUT2D eigenvalue weighted by molar-refractivity contribution is 0.242. The first-order valence-corrected chi connectivity index (χ1v) is 7.86. The van der Waals surface area contributed by atoms with Gasteiger partial charge in [-0.1, -0.05) is 39.7 Å². The second kappa shape index (κ2) is 7.27. The second-order valence-electron chi connectivity index (χ2n) is 5.00. The van der Waals surface area contributed by atoms with Crippen LogP contribution in [0.3, 0.4) is 0 Å². The van der Waals surface area contributed by atoms with Crippen LogP contribution in [-0.2, 0) is 0 Å².